The van der Waals surface area contributed by atoms with Crippen molar-refractivity contribution in [1.82, 2.24) is 4.90 Å². The largest absolute Gasteiger partial charge is 0.455 e. The first-order chi connectivity index (χ1) is 8.10. The van der Waals surface area contributed by atoms with Gasteiger partial charge in [-0.05, 0) is 26.0 Å². The second kappa shape index (κ2) is 4.89. The molecule has 1 aliphatic rings. The summed E-state index contributed by atoms with van der Waals surface area (Å²) in [4.78, 5) is 13.9. The normalized spacial score (nSPS) is 25.0. The molecule has 0 saturated carbocycles. The van der Waals surface area contributed by atoms with Gasteiger partial charge >= 0.3 is 0 Å². The van der Waals surface area contributed by atoms with Crippen LogP contribution in [0, 0.1) is 0 Å². The van der Waals surface area contributed by atoms with Gasteiger partial charge < -0.3 is 19.8 Å². The van der Waals surface area contributed by atoms with Gasteiger partial charge in [0.15, 0.2) is 5.76 Å². The molecule has 0 aliphatic carbocycles. The Labute approximate surface area is 101 Å². The Kier molecular flexibility index (Phi) is 3.49. The van der Waals surface area contributed by atoms with Crippen LogP contribution in [0.3, 0.4) is 0 Å². The van der Waals surface area contributed by atoms with Crippen molar-refractivity contribution in [2.24, 2.45) is 5.73 Å². The van der Waals surface area contributed by atoms with Crippen LogP contribution in [-0.4, -0.2) is 36.1 Å². The highest BCUT2D eigenvalue weighted by atomic mass is 16.5. The quantitative estimate of drug-likeness (QED) is 0.834. The van der Waals surface area contributed by atoms with Crippen molar-refractivity contribution >= 4 is 5.91 Å². The van der Waals surface area contributed by atoms with Crippen LogP contribution in [0.5, 0.6) is 0 Å². The van der Waals surface area contributed by atoms with Crippen molar-refractivity contribution in [2.45, 2.75) is 32.6 Å². The van der Waals surface area contributed by atoms with Crippen molar-refractivity contribution < 1.29 is 13.9 Å². The molecule has 2 rings (SSSR count). The lowest BCUT2D eigenvalue weighted by Crippen LogP contribution is -2.48. The number of amides is 1. The molecule has 1 fully saturated rings. The molecule has 0 spiro atoms. The van der Waals surface area contributed by atoms with Crippen LogP contribution in [0.15, 0.2) is 16.5 Å². The van der Waals surface area contributed by atoms with Gasteiger partial charge in [0, 0.05) is 13.1 Å². The Morgan fingerprint density at radius 1 is 1.41 bits per heavy atom. The van der Waals surface area contributed by atoms with Crippen LogP contribution in [-0.2, 0) is 11.3 Å². The summed E-state index contributed by atoms with van der Waals surface area (Å²) in [6.45, 7) is 5.43. The zero-order valence-corrected chi connectivity index (χ0v) is 10.2. The van der Waals surface area contributed by atoms with E-state index in [-0.39, 0.29) is 18.1 Å². The van der Waals surface area contributed by atoms with Crippen LogP contribution in [0.2, 0.25) is 0 Å². The summed E-state index contributed by atoms with van der Waals surface area (Å²) in [7, 11) is 0. The summed E-state index contributed by atoms with van der Waals surface area (Å²) in [6.07, 6.45) is 0.123. The Bertz CT molecular complexity index is 392. The lowest BCUT2D eigenvalue weighted by Gasteiger charge is -2.34. The van der Waals surface area contributed by atoms with Gasteiger partial charge in [-0.15, -0.1) is 0 Å². The lowest BCUT2D eigenvalue weighted by atomic mass is 10.2. The van der Waals surface area contributed by atoms with E-state index in [9.17, 15) is 4.79 Å². The maximum atomic E-state index is 12.2. The Morgan fingerprint density at radius 3 is 2.59 bits per heavy atom. The standard InChI is InChI=1S/C12H18N2O3/c1-8-6-14(7-9(2)16-8)12(15)11-4-3-10(5-13)17-11/h3-4,8-9H,5-7,13H2,1-2H3/t8-,9+. The van der Waals surface area contributed by atoms with Gasteiger partial charge in [0.05, 0.1) is 18.8 Å². The average Bonchev–Trinajstić information content (AvgIpc) is 2.75. The number of ether oxygens (including phenoxy) is 1. The smallest absolute Gasteiger partial charge is 0.289 e. The summed E-state index contributed by atoms with van der Waals surface area (Å²) in [6, 6.07) is 3.41. The first-order valence-corrected chi connectivity index (χ1v) is 5.83. The third-order valence-corrected chi connectivity index (χ3v) is 2.78. The molecule has 0 aromatic carbocycles. The second-order valence-electron chi connectivity index (χ2n) is 4.44. The van der Waals surface area contributed by atoms with E-state index in [1.54, 1.807) is 17.0 Å². The molecule has 5 heteroatoms. The van der Waals surface area contributed by atoms with E-state index in [0.717, 1.165) is 0 Å². The zero-order chi connectivity index (χ0) is 12.4. The molecule has 1 aromatic heterocycles. The first-order valence-electron chi connectivity index (χ1n) is 5.83. The number of morpholine rings is 1. The second-order valence-corrected chi connectivity index (χ2v) is 4.44. The van der Waals surface area contributed by atoms with E-state index >= 15 is 0 Å². The lowest BCUT2D eigenvalue weighted by molar-refractivity contribution is -0.0592. The molecule has 0 radical (unpaired) electrons. The average molecular weight is 238 g/mol. The molecule has 5 nitrogen and oxygen atoms in total. The number of hydrogen-bond acceptors (Lipinski definition) is 4. The molecular weight excluding hydrogens is 220 g/mol. The Morgan fingerprint density at radius 2 is 2.06 bits per heavy atom. The molecule has 1 saturated heterocycles. The van der Waals surface area contributed by atoms with Gasteiger partial charge in [-0.25, -0.2) is 0 Å². The van der Waals surface area contributed by atoms with Gasteiger partial charge in [0.1, 0.15) is 5.76 Å². The number of nitrogens with zero attached hydrogens (tertiary/aromatic N) is 1. The SMILES string of the molecule is C[C@@H]1CN(C(=O)c2ccc(CN)o2)C[C@H](C)O1. The molecule has 17 heavy (non-hydrogen) atoms. The van der Waals surface area contributed by atoms with E-state index in [1.807, 2.05) is 13.8 Å². The van der Waals surface area contributed by atoms with Gasteiger partial charge in [0.2, 0.25) is 0 Å². The molecule has 94 valence electrons. The maximum Gasteiger partial charge on any atom is 0.289 e. The summed E-state index contributed by atoms with van der Waals surface area (Å²) in [5, 5.41) is 0. The highest BCUT2D eigenvalue weighted by Crippen LogP contribution is 2.16. The molecule has 2 heterocycles. The van der Waals surface area contributed by atoms with Crippen LogP contribution >= 0.6 is 0 Å². The highest BCUT2D eigenvalue weighted by Gasteiger charge is 2.28. The number of furan rings is 1. The van der Waals surface area contributed by atoms with Gasteiger partial charge in [0.25, 0.3) is 5.91 Å². The molecule has 0 unspecified atom stereocenters. The van der Waals surface area contributed by atoms with E-state index in [4.69, 9.17) is 14.9 Å². The number of rotatable bonds is 2. The number of carbonyl (C=O) groups is 1. The number of hydrogen-bond donors (Lipinski definition) is 1. The predicted molar refractivity (Wildman–Crippen MR) is 62.5 cm³/mol. The van der Waals surface area contributed by atoms with E-state index < -0.39 is 0 Å². The molecule has 2 N–H and O–H groups in total. The molecule has 1 amide bonds. The van der Waals surface area contributed by atoms with Crippen molar-refractivity contribution in [3.8, 4) is 0 Å². The number of nitrogens with two attached hydrogens (primary N) is 1. The van der Waals surface area contributed by atoms with E-state index in [0.29, 0.717) is 31.2 Å². The van der Waals surface area contributed by atoms with Crippen LogP contribution < -0.4 is 5.73 Å². The van der Waals surface area contributed by atoms with E-state index in [2.05, 4.69) is 0 Å². The number of carbonyl (C=O) groups excluding carboxylic acids is 1. The monoisotopic (exact) mass is 238 g/mol. The van der Waals surface area contributed by atoms with Crippen molar-refractivity contribution in [1.29, 1.82) is 0 Å². The van der Waals surface area contributed by atoms with Crippen molar-refractivity contribution in [2.75, 3.05) is 13.1 Å². The minimum absolute atomic E-state index is 0.0617. The van der Waals surface area contributed by atoms with Crippen LogP contribution in [0.25, 0.3) is 0 Å². The zero-order valence-electron chi connectivity index (χ0n) is 10.2. The molecule has 0 bridgehead atoms. The maximum absolute atomic E-state index is 12.2. The van der Waals surface area contributed by atoms with Crippen LogP contribution in [0.1, 0.15) is 30.2 Å². The van der Waals surface area contributed by atoms with Crippen molar-refractivity contribution in [3.63, 3.8) is 0 Å². The van der Waals surface area contributed by atoms with Crippen LogP contribution in [0.4, 0.5) is 0 Å². The fourth-order valence-electron chi connectivity index (χ4n) is 2.10. The minimum atomic E-state index is -0.0910. The van der Waals surface area contributed by atoms with Gasteiger partial charge in [-0.3, -0.25) is 4.79 Å². The molecule has 1 aliphatic heterocycles. The Hall–Kier alpha value is -1.33. The van der Waals surface area contributed by atoms with Gasteiger partial charge in [-0.2, -0.15) is 0 Å². The fourth-order valence-corrected chi connectivity index (χ4v) is 2.10. The molecular formula is C12H18N2O3. The third-order valence-electron chi connectivity index (χ3n) is 2.78. The van der Waals surface area contributed by atoms with Crippen molar-refractivity contribution in [3.05, 3.63) is 23.7 Å². The fraction of sp³-hybridized carbons (Fsp3) is 0.583. The predicted octanol–water partition coefficient (Wildman–Crippen LogP) is 0.988. The summed E-state index contributed by atoms with van der Waals surface area (Å²) in [5.41, 5.74) is 5.45. The topological polar surface area (TPSA) is 68.7 Å². The van der Waals surface area contributed by atoms with Gasteiger partial charge in [-0.1, -0.05) is 0 Å². The molecule has 1 aromatic rings. The third kappa shape index (κ3) is 2.68. The minimum Gasteiger partial charge on any atom is -0.455 e. The highest BCUT2D eigenvalue weighted by molar-refractivity contribution is 5.91. The van der Waals surface area contributed by atoms with E-state index in [1.165, 1.54) is 0 Å². The summed E-state index contributed by atoms with van der Waals surface area (Å²) >= 11 is 0. The first kappa shape index (κ1) is 12.1. The molecule has 2 atom stereocenters. The summed E-state index contributed by atoms with van der Waals surface area (Å²) in [5.74, 6) is 0.890. The summed E-state index contributed by atoms with van der Waals surface area (Å²) < 4.78 is 10.9. The Balaban J connectivity index is 2.08.